The lowest BCUT2D eigenvalue weighted by Gasteiger charge is -2.31. The van der Waals surface area contributed by atoms with Gasteiger partial charge in [0, 0.05) is 12.5 Å². The van der Waals surface area contributed by atoms with Gasteiger partial charge in [-0.2, -0.15) is 5.10 Å². The molecule has 0 aliphatic carbocycles. The van der Waals surface area contributed by atoms with Crippen LogP contribution in [0, 0.1) is 0 Å². The molecule has 1 atom stereocenters. The van der Waals surface area contributed by atoms with Crippen LogP contribution in [0.2, 0.25) is 5.15 Å². The Hall–Kier alpha value is -0.670. The van der Waals surface area contributed by atoms with Crippen LogP contribution in [0.1, 0.15) is 31.4 Å². The lowest BCUT2D eigenvalue weighted by atomic mass is 9.95. The zero-order chi connectivity index (χ0) is 10.7. The van der Waals surface area contributed by atoms with Gasteiger partial charge in [0.2, 0.25) is 0 Å². The van der Waals surface area contributed by atoms with Gasteiger partial charge in [-0.3, -0.25) is 0 Å². The second kappa shape index (κ2) is 4.90. The summed E-state index contributed by atoms with van der Waals surface area (Å²) in [7, 11) is 0. The van der Waals surface area contributed by atoms with Crippen molar-refractivity contribution in [3.05, 3.63) is 23.0 Å². The van der Waals surface area contributed by atoms with Gasteiger partial charge in [0.15, 0.2) is 5.15 Å². The Kier molecular flexibility index (Phi) is 3.54. The molecule has 2 rings (SSSR count). The number of rotatable bonds is 2. The Balaban J connectivity index is 2.06. The first kappa shape index (κ1) is 10.8. The van der Waals surface area contributed by atoms with Gasteiger partial charge in [-0.25, -0.2) is 0 Å². The summed E-state index contributed by atoms with van der Waals surface area (Å²) in [5.41, 5.74) is 1.08. The topological polar surface area (TPSA) is 29.0 Å². The number of hydrogen-bond donors (Lipinski definition) is 0. The van der Waals surface area contributed by atoms with Crippen LogP contribution in [0.25, 0.3) is 0 Å². The summed E-state index contributed by atoms with van der Waals surface area (Å²) in [6.07, 6.45) is 2.47. The molecule has 1 fully saturated rings. The molecule has 1 aromatic rings. The average Bonchev–Trinajstić information content (AvgIpc) is 2.30. The first-order valence-electron chi connectivity index (χ1n) is 5.51. The highest BCUT2D eigenvalue weighted by Gasteiger charge is 2.21. The molecule has 1 aromatic heterocycles. The molecule has 0 bridgehead atoms. The van der Waals surface area contributed by atoms with E-state index in [1.807, 2.05) is 12.1 Å². The van der Waals surface area contributed by atoms with Gasteiger partial charge < -0.3 is 4.90 Å². The Morgan fingerprint density at radius 1 is 1.47 bits per heavy atom. The molecule has 0 spiro atoms. The summed E-state index contributed by atoms with van der Waals surface area (Å²) in [5.74, 6) is 0.531. The Morgan fingerprint density at radius 2 is 2.33 bits per heavy atom. The maximum Gasteiger partial charge on any atom is 0.151 e. The van der Waals surface area contributed by atoms with Crippen molar-refractivity contribution in [2.45, 2.75) is 25.7 Å². The number of hydrogen-bond acceptors (Lipinski definition) is 3. The summed E-state index contributed by atoms with van der Waals surface area (Å²) in [6, 6.07) is 3.83. The number of piperidine rings is 1. The van der Waals surface area contributed by atoms with Crippen LogP contribution in [-0.2, 0) is 0 Å². The number of likely N-dealkylation sites (N-methyl/N-ethyl adjacent to an activating group) is 1. The SMILES string of the molecule is CCN1CCCC(c2ccc(Cl)nn2)C1. The standard InChI is InChI=1S/C11H16ClN3/c1-2-15-7-3-4-9(8-15)10-5-6-11(12)14-13-10/h5-6,9H,2-4,7-8H2,1H3. The lowest BCUT2D eigenvalue weighted by molar-refractivity contribution is 0.215. The minimum atomic E-state index is 0.474. The van der Waals surface area contributed by atoms with Crippen molar-refractivity contribution in [3.8, 4) is 0 Å². The fourth-order valence-electron chi connectivity index (χ4n) is 2.13. The molecule has 1 aliphatic rings. The number of nitrogens with zero attached hydrogens (tertiary/aromatic N) is 3. The van der Waals surface area contributed by atoms with Crippen LogP contribution in [0.4, 0.5) is 0 Å². The molecule has 15 heavy (non-hydrogen) atoms. The third-order valence-corrected chi connectivity index (χ3v) is 3.23. The van der Waals surface area contributed by atoms with Crippen molar-refractivity contribution in [3.63, 3.8) is 0 Å². The predicted octanol–water partition coefficient (Wildman–Crippen LogP) is 2.33. The molecule has 0 radical (unpaired) electrons. The quantitative estimate of drug-likeness (QED) is 0.774. The maximum absolute atomic E-state index is 5.72. The van der Waals surface area contributed by atoms with Crippen molar-refractivity contribution in [1.82, 2.24) is 15.1 Å². The molecule has 0 aromatic carbocycles. The van der Waals surface area contributed by atoms with E-state index < -0.39 is 0 Å². The summed E-state index contributed by atoms with van der Waals surface area (Å²) >= 11 is 5.72. The summed E-state index contributed by atoms with van der Waals surface area (Å²) < 4.78 is 0. The monoisotopic (exact) mass is 225 g/mol. The molecule has 1 saturated heterocycles. The number of aromatic nitrogens is 2. The van der Waals surface area contributed by atoms with Crippen LogP contribution >= 0.6 is 11.6 Å². The fourth-order valence-corrected chi connectivity index (χ4v) is 2.23. The predicted molar refractivity (Wildman–Crippen MR) is 61.1 cm³/mol. The van der Waals surface area contributed by atoms with Crippen molar-refractivity contribution in [2.24, 2.45) is 0 Å². The smallest absolute Gasteiger partial charge is 0.151 e. The molecular formula is C11H16ClN3. The Labute approximate surface area is 95.5 Å². The highest BCUT2D eigenvalue weighted by molar-refractivity contribution is 6.29. The molecule has 0 amide bonds. The molecule has 4 heteroatoms. The molecule has 0 N–H and O–H groups in total. The van der Waals surface area contributed by atoms with Crippen LogP contribution in [0.5, 0.6) is 0 Å². The van der Waals surface area contributed by atoms with E-state index in [2.05, 4.69) is 22.0 Å². The first-order chi connectivity index (χ1) is 7.29. The van der Waals surface area contributed by atoms with Crippen LogP contribution in [0.15, 0.2) is 12.1 Å². The average molecular weight is 226 g/mol. The van der Waals surface area contributed by atoms with E-state index in [9.17, 15) is 0 Å². The van der Waals surface area contributed by atoms with E-state index in [0.29, 0.717) is 11.1 Å². The van der Waals surface area contributed by atoms with Crippen LogP contribution in [-0.4, -0.2) is 34.7 Å². The van der Waals surface area contributed by atoms with Crippen LogP contribution < -0.4 is 0 Å². The largest absolute Gasteiger partial charge is 0.303 e. The van der Waals surface area contributed by atoms with E-state index in [1.165, 1.54) is 19.4 Å². The van der Waals surface area contributed by atoms with Crippen molar-refractivity contribution < 1.29 is 0 Å². The molecule has 1 aliphatic heterocycles. The van der Waals surface area contributed by atoms with E-state index >= 15 is 0 Å². The summed E-state index contributed by atoms with van der Waals surface area (Å²) in [6.45, 7) is 5.65. The van der Waals surface area contributed by atoms with Gasteiger partial charge in [-0.15, -0.1) is 5.10 Å². The van der Waals surface area contributed by atoms with Crippen molar-refractivity contribution in [1.29, 1.82) is 0 Å². The van der Waals surface area contributed by atoms with E-state index in [-0.39, 0.29) is 0 Å². The number of likely N-dealkylation sites (tertiary alicyclic amines) is 1. The third-order valence-electron chi connectivity index (χ3n) is 3.02. The van der Waals surface area contributed by atoms with Crippen molar-refractivity contribution in [2.75, 3.05) is 19.6 Å². The molecule has 0 saturated carbocycles. The van der Waals surface area contributed by atoms with Gasteiger partial charge in [0.05, 0.1) is 5.69 Å². The molecule has 3 nitrogen and oxygen atoms in total. The van der Waals surface area contributed by atoms with Gasteiger partial charge in [0.1, 0.15) is 0 Å². The first-order valence-corrected chi connectivity index (χ1v) is 5.89. The second-order valence-electron chi connectivity index (χ2n) is 4.01. The second-order valence-corrected chi connectivity index (χ2v) is 4.40. The highest BCUT2D eigenvalue weighted by atomic mass is 35.5. The summed E-state index contributed by atoms with van der Waals surface area (Å²) in [5, 5.41) is 8.54. The molecule has 1 unspecified atom stereocenters. The zero-order valence-electron chi connectivity index (χ0n) is 8.99. The fraction of sp³-hybridized carbons (Fsp3) is 0.636. The Bertz CT molecular complexity index is 312. The molecular weight excluding hydrogens is 210 g/mol. The zero-order valence-corrected chi connectivity index (χ0v) is 9.74. The highest BCUT2D eigenvalue weighted by Crippen LogP contribution is 2.25. The minimum absolute atomic E-state index is 0.474. The van der Waals surface area contributed by atoms with E-state index in [1.54, 1.807) is 0 Å². The maximum atomic E-state index is 5.72. The van der Waals surface area contributed by atoms with Gasteiger partial charge in [-0.1, -0.05) is 18.5 Å². The Morgan fingerprint density at radius 3 is 3.00 bits per heavy atom. The third kappa shape index (κ3) is 2.67. The molecule has 82 valence electrons. The van der Waals surface area contributed by atoms with Gasteiger partial charge >= 0.3 is 0 Å². The van der Waals surface area contributed by atoms with Crippen LogP contribution in [0.3, 0.4) is 0 Å². The van der Waals surface area contributed by atoms with Gasteiger partial charge in [0.25, 0.3) is 0 Å². The van der Waals surface area contributed by atoms with Gasteiger partial charge in [-0.05, 0) is 38.1 Å². The van der Waals surface area contributed by atoms with E-state index in [0.717, 1.165) is 18.8 Å². The minimum Gasteiger partial charge on any atom is -0.303 e. The normalized spacial score (nSPS) is 22.9. The summed E-state index contributed by atoms with van der Waals surface area (Å²) in [4.78, 5) is 2.46. The lowest BCUT2D eigenvalue weighted by Crippen LogP contribution is -2.34. The van der Waals surface area contributed by atoms with E-state index in [4.69, 9.17) is 11.6 Å². The molecule has 2 heterocycles. The number of halogens is 1. The van der Waals surface area contributed by atoms with Crippen molar-refractivity contribution >= 4 is 11.6 Å².